The predicted molar refractivity (Wildman–Crippen MR) is 103 cm³/mol. The zero-order chi connectivity index (χ0) is 19.7. The highest BCUT2D eigenvalue weighted by Gasteiger charge is 2.32. The zero-order valence-corrected chi connectivity index (χ0v) is 17.0. The van der Waals surface area contributed by atoms with Gasteiger partial charge >= 0.3 is 6.18 Å². The highest BCUT2D eigenvalue weighted by molar-refractivity contribution is 9.10. The second-order valence-electron chi connectivity index (χ2n) is 5.68. The van der Waals surface area contributed by atoms with E-state index >= 15 is 0 Å². The van der Waals surface area contributed by atoms with Gasteiger partial charge in [-0.2, -0.15) is 13.2 Å². The van der Waals surface area contributed by atoms with E-state index in [9.17, 15) is 21.6 Å². The van der Waals surface area contributed by atoms with Crippen molar-refractivity contribution in [1.29, 1.82) is 0 Å². The Kier molecular flexibility index (Phi) is 5.87. The number of amidine groups is 1. The maximum absolute atomic E-state index is 12.8. The molecular formula is C17H14BrF3N2O2S2. The number of sulfonamides is 1. The highest BCUT2D eigenvalue weighted by Crippen LogP contribution is 2.31. The minimum absolute atomic E-state index is 0.139. The van der Waals surface area contributed by atoms with E-state index in [1.54, 1.807) is 18.2 Å². The van der Waals surface area contributed by atoms with Gasteiger partial charge in [0.05, 0.1) is 23.5 Å². The minimum atomic E-state index is -4.41. The lowest BCUT2D eigenvalue weighted by atomic mass is 10.1. The smallest absolute Gasteiger partial charge is 0.260 e. The minimum Gasteiger partial charge on any atom is -0.260 e. The number of hydrogen-bond donors (Lipinski definition) is 0. The van der Waals surface area contributed by atoms with Crippen LogP contribution in [0, 0.1) is 0 Å². The molecule has 144 valence electrons. The monoisotopic (exact) mass is 478 g/mol. The van der Waals surface area contributed by atoms with Gasteiger partial charge in [-0.3, -0.25) is 4.99 Å². The van der Waals surface area contributed by atoms with Gasteiger partial charge in [-0.05, 0) is 35.9 Å². The number of benzene rings is 2. The van der Waals surface area contributed by atoms with Crippen LogP contribution in [0.3, 0.4) is 0 Å². The number of thioether (sulfide) groups is 1. The van der Waals surface area contributed by atoms with Crippen molar-refractivity contribution in [2.24, 2.45) is 4.99 Å². The van der Waals surface area contributed by atoms with Gasteiger partial charge in [0.15, 0.2) is 5.17 Å². The molecule has 0 amide bonds. The summed E-state index contributed by atoms with van der Waals surface area (Å²) in [5, 5.41) is 0.287. The second kappa shape index (κ2) is 7.84. The van der Waals surface area contributed by atoms with E-state index in [-0.39, 0.29) is 22.4 Å². The van der Waals surface area contributed by atoms with Crippen LogP contribution in [-0.2, 0) is 22.0 Å². The van der Waals surface area contributed by atoms with Gasteiger partial charge in [-0.1, -0.05) is 45.9 Å². The molecule has 0 bridgehead atoms. The van der Waals surface area contributed by atoms with Crippen LogP contribution in [0.15, 0.2) is 62.9 Å². The number of halogens is 4. The van der Waals surface area contributed by atoms with Crippen LogP contribution in [0.1, 0.15) is 11.1 Å². The van der Waals surface area contributed by atoms with Crippen LogP contribution in [0.25, 0.3) is 0 Å². The summed E-state index contributed by atoms with van der Waals surface area (Å²) in [5.74, 6) is 0.190. The number of nitrogens with zero attached hydrogens (tertiary/aromatic N) is 2. The van der Waals surface area contributed by atoms with Gasteiger partial charge in [0, 0.05) is 10.2 Å². The van der Waals surface area contributed by atoms with E-state index in [4.69, 9.17) is 0 Å². The number of alkyl halides is 3. The fourth-order valence-corrected chi connectivity index (χ4v) is 5.40. The molecule has 3 rings (SSSR count). The summed E-state index contributed by atoms with van der Waals surface area (Å²) < 4.78 is 66.1. The Bertz CT molecular complexity index is 961. The summed E-state index contributed by atoms with van der Waals surface area (Å²) in [6.45, 7) is 0.532. The number of hydrogen-bond acceptors (Lipinski definition) is 4. The molecule has 27 heavy (non-hydrogen) atoms. The molecule has 2 aromatic rings. The van der Waals surface area contributed by atoms with E-state index in [1.807, 2.05) is 0 Å². The molecule has 0 aromatic heterocycles. The molecule has 10 heteroatoms. The van der Waals surface area contributed by atoms with E-state index in [0.717, 1.165) is 28.4 Å². The van der Waals surface area contributed by atoms with Gasteiger partial charge in [0.2, 0.25) is 0 Å². The molecule has 0 aliphatic carbocycles. The first-order valence-corrected chi connectivity index (χ1v) is 11.0. The van der Waals surface area contributed by atoms with Crippen LogP contribution in [0.4, 0.5) is 13.2 Å². The number of rotatable bonds is 4. The fourth-order valence-electron chi connectivity index (χ4n) is 2.47. The Hall–Kier alpha value is -1.52. The molecule has 1 aliphatic heterocycles. The molecule has 0 fully saturated rings. The summed E-state index contributed by atoms with van der Waals surface area (Å²) >= 11 is 4.37. The number of aliphatic imine (C=N–C) groups is 1. The summed E-state index contributed by atoms with van der Waals surface area (Å²) in [4.78, 5) is 4.35. The Morgan fingerprint density at radius 3 is 2.52 bits per heavy atom. The largest absolute Gasteiger partial charge is 0.416 e. The molecule has 0 saturated heterocycles. The Labute approximate surface area is 167 Å². The van der Waals surface area contributed by atoms with E-state index in [2.05, 4.69) is 20.9 Å². The van der Waals surface area contributed by atoms with Crippen LogP contribution in [0.5, 0.6) is 0 Å². The summed E-state index contributed by atoms with van der Waals surface area (Å²) in [6.07, 6.45) is -4.41. The van der Waals surface area contributed by atoms with Crippen molar-refractivity contribution in [3.05, 3.63) is 64.1 Å². The maximum atomic E-state index is 12.8. The summed E-state index contributed by atoms with van der Waals surface area (Å²) in [5.41, 5.74) is -0.279. The lowest BCUT2D eigenvalue weighted by Crippen LogP contribution is -2.32. The third kappa shape index (κ3) is 4.67. The first kappa shape index (κ1) is 20.2. The third-order valence-electron chi connectivity index (χ3n) is 3.79. The molecule has 0 atom stereocenters. The van der Waals surface area contributed by atoms with E-state index in [1.165, 1.54) is 22.5 Å². The average Bonchev–Trinajstić information content (AvgIpc) is 3.09. The zero-order valence-electron chi connectivity index (χ0n) is 13.8. The van der Waals surface area contributed by atoms with Crippen molar-refractivity contribution in [1.82, 2.24) is 4.31 Å². The van der Waals surface area contributed by atoms with Gasteiger partial charge in [-0.15, -0.1) is 0 Å². The average molecular weight is 479 g/mol. The standard InChI is InChI=1S/C17H14BrF3N2O2S2/c18-14-4-6-15(7-5-14)27(24,25)23-9-8-22-16(23)26-11-12-2-1-3-13(10-12)17(19,20)21/h1-7,10H,8-9,11H2. The molecule has 0 unspecified atom stereocenters. The van der Waals surface area contributed by atoms with Crippen molar-refractivity contribution < 1.29 is 21.6 Å². The fraction of sp³-hybridized carbons (Fsp3) is 0.235. The SMILES string of the molecule is O=S(=O)(c1ccc(Br)cc1)N1CCN=C1SCc1cccc(C(F)(F)F)c1. The second-order valence-corrected chi connectivity index (χ2v) is 9.40. The van der Waals surface area contributed by atoms with Gasteiger partial charge in [-0.25, -0.2) is 12.7 Å². The molecule has 1 aliphatic rings. The van der Waals surface area contributed by atoms with Gasteiger partial charge in [0.25, 0.3) is 10.0 Å². The van der Waals surface area contributed by atoms with Crippen LogP contribution < -0.4 is 0 Å². The van der Waals surface area contributed by atoms with Crippen LogP contribution >= 0.6 is 27.7 Å². The van der Waals surface area contributed by atoms with Crippen molar-refractivity contribution in [2.75, 3.05) is 13.1 Å². The lowest BCUT2D eigenvalue weighted by molar-refractivity contribution is -0.137. The molecule has 0 spiro atoms. The Balaban J connectivity index is 1.75. The topological polar surface area (TPSA) is 49.7 Å². The first-order chi connectivity index (χ1) is 12.7. The van der Waals surface area contributed by atoms with Crippen LogP contribution in [-0.4, -0.2) is 31.0 Å². The van der Waals surface area contributed by atoms with Crippen molar-refractivity contribution in [2.45, 2.75) is 16.8 Å². The van der Waals surface area contributed by atoms with E-state index < -0.39 is 21.8 Å². The van der Waals surface area contributed by atoms with Crippen LogP contribution in [0.2, 0.25) is 0 Å². The van der Waals surface area contributed by atoms with Crippen molar-refractivity contribution in [3.63, 3.8) is 0 Å². The quantitative estimate of drug-likeness (QED) is 0.636. The molecule has 0 radical (unpaired) electrons. The maximum Gasteiger partial charge on any atom is 0.416 e. The first-order valence-electron chi connectivity index (χ1n) is 7.79. The summed E-state index contributed by atoms with van der Waals surface area (Å²) in [6, 6.07) is 11.2. The highest BCUT2D eigenvalue weighted by atomic mass is 79.9. The molecular weight excluding hydrogens is 465 g/mol. The predicted octanol–water partition coefficient (Wildman–Crippen LogP) is 4.76. The van der Waals surface area contributed by atoms with Gasteiger partial charge in [0.1, 0.15) is 0 Å². The van der Waals surface area contributed by atoms with Gasteiger partial charge < -0.3 is 0 Å². The molecule has 1 heterocycles. The van der Waals surface area contributed by atoms with E-state index in [0.29, 0.717) is 12.1 Å². The molecule has 2 aromatic carbocycles. The van der Waals surface area contributed by atoms with Crippen molar-refractivity contribution in [3.8, 4) is 0 Å². The normalized spacial score (nSPS) is 15.1. The molecule has 4 nitrogen and oxygen atoms in total. The molecule has 0 N–H and O–H groups in total. The van der Waals surface area contributed by atoms with Crippen molar-refractivity contribution >= 4 is 42.9 Å². The Morgan fingerprint density at radius 1 is 1.15 bits per heavy atom. The summed E-state index contributed by atoms with van der Waals surface area (Å²) in [7, 11) is -3.76. The third-order valence-corrected chi connectivity index (χ3v) is 7.32. The Morgan fingerprint density at radius 2 is 1.85 bits per heavy atom. The molecule has 0 saturated carbocycles. The lowest BCUT2D eigenvalue weighted by Gasteiger charge is -2.20.